The van der Waals surface area contributed by atoms with Gasteiger partial charge in [-0.1, -0.05) is 46.7 Å². The van der Waals surface area contributed by atoms with E-state index in [2.05, 4.69) is 10.3 Å². The maximum atomic E-state index is 14.1. The Hall–Kier alpha value is -4.12. The van der Waals surface area contributed by atoms with Gasteiger partial charge >= 0.3 is 12.1 Å². The molecule has 8 nitrogen and oxygen atoms in total. The largest absolute Gasteiger partial charge is 0.480 e. The van der Waals surface area contributed by atoms with Crippen LogP contribution in [-0.4, -0.2) is 46.2 Å². The van der Waals surface area contributed by atoms with E-state index >= 15 is 0 Å². The van der Waals surface area contributed by atoms with Crippen LogP contribution in [0.2, 0.25) is 0 Å². The minimum absolute atomic E-state index is 0.0960. The number of carboxylic acid groups (broad SMARTS) is 1. The van der Waals surface area contributed by atoms with Gasteiger partial charge in [-0.25, -0.2) is 4.79 Å². The lowest BCUT2D eigenvalue weighted by atomic mass is 9.87. The second-order valence-electron chi connectivity index (χ2n) is 8.43. The Morgan fingerprint density at radius 3 is 2.42 bits per heavy atom. The van der Waals surface area contributed by atoms with Gasteiger partial charge in [0.25, 0.3) is 0 Å². The quantitative estimate of drug-likeness (QED) is 0.394. The van der Waals surface area contributed by atoms with Crippen molar-refractivity contribution >= 4 is 11.7 Å². The van der Waals surface area contributed by atoms with Crippen LogP contribution in [-0.2, 0) is 23.8 Å². The second kappa shape index (κ2) is 8.83. The van der Waals surface area contributed by atoms with E-state index in [0.29, 0.717) is 35.3 Å². The molecule has 0 saturated heterocycles. The summed E-state index contributed by atoms with van der Waals surface area (Å²) in [5.74, 6) is -1.66. The van der Waals surface area contributed by atoms with Crippen molar-refractivity contribution in [1.82, 2.24) is 10.3 Å². The summed E-state index contributed by atoms with van der Waals surface area (Å²) in [6.07, 6.45) is -3.96. The monoisotopic (exact) mass is 499 g/mol. The zero-order valence-electron chi connectivity index (χ0n) is 18.9. The Bertz CT molecular complexity index is 1430. The van der Waals surface area contributed by atoms with Crippen LogP contribution in [0.15, 0.2) is 57.6 Å². The van der Waals surface area contributed by atoms with Crippen LogP contribution in [0.1, 0.15) is 16.7 Å². The number of carbonyl (C=O) groups is 1. The third kappa shape index (κ3) is 3.91. The van der Waals surface area contributed by atoms with Gasteiger partial charge in [-0.05, 0) is 30.5 Å². The molecule has 4 aromatic rings. The topological polar surface area (TPSA) is 113 Å². The van der Waals surface area contributed by atoms with Gasteiger partial charge in [0.2, 0.25) is 0 Å². The van der Waals surface area contributed by atoms with Crippen molar-refractivity contribution in [1.29, 1.82) is 0 Å². The number of aryl methyl sites for hydroxylation is 1. The second-order valence-corrected chi connectivity index (χ2v) is 8.43. The zero-order valence-corrected chi connectivity index (χ0v) is 18.9. The molecule has 36 heavy (non-hydrogen) atoms. The normalized spacial score (nSPS) is 13.7. The summed E-state index contributed by atoms with van der Waals surface area (Å²) in [5.41, 5.74) is 1.71. The van der Waals surface area contributed by atoms with Gasteiger partial charge in [0.15, 0.2) is 17.2 Å². The number of likely N-dealkylation sites (N-methyl/N-ethyl adjacent to an activating group) is 1. The fourth-order valence-corrected chi connectivity index (χ4v) is 4.48. The molecular formula is C25H20F3N3O5. The van der Waals surface area contributed by atoms with Gasteiger partial charge in [-0.2, -0.15) is 13.2 Å². The SMILES string of the molecule is CN(c1ccc2c(c1)CCc1c-2noc1-c1noc(-c2ccccc2)c1C(F)(F)F)C(CO)C(=O)O. The van der Waals surface area contributed by atoms with Crippen LogP contribution in [0.3, 0.4) is 0 Å². The molecule has 0 fully saturated rings. The number of hydrogen-bond donors (Lipinski definition) is 2. The first kappa shape index (κ1) is 23.6. The lowest BCUT2D eigenvalue weighted by Crippen LogP contribution is -2.41. The molecule has 0 radical (unpaired) electrons. The number of anilines is 1. The minimum atomic E-state index is -4.75. The highest BCUT2D eigenvalue weighted by Gasteiger charge is 2.43. The number of halogens is 3. The average molecular weight is 499 g/mol. The summed E-state index contributed by atoms with van der Waals surface area (Å²) in [7, 11) is 1.56. The molecule has 1 aliphatic rings. The standard InChI is InChI=1S/C25H20F3N3O5/c1-31(18(12-32)24(33)34)15-8-10-16-14(11-15)7-9-17-20(16)29-36-23(17)21-19(25(26,27)28)22(35-30-21)13-5-3-2-4-6-13/h2-6,8,10-11,18,32H,7,9,12H2,1H3,(H,33,34). The van der Waals surface area contributed by atoms with E-state index in [1.54, 1.807) is 43.4 Å². The molecule has 2 aromatic heterocycles. The van der Waals surface area contributed by atoms with Gasteiger partial charge in [0.05, 0.1) is 6.61 Å². The van der Waals surface area contributed by atoms with Crippen LogP contribution in [0, 0.1) is 0 Å². The Morgan fingerprint density at radius 2 is 1.75 bits per heavy atom. The average Bonchev–Trinajstić information content (AvgIpc) is 3.49. The molecule has 1 unspecified atom stereocenters. The molecule has 0 spiro atoms. The third-order valence-corrected chi connectivity index (χ3v) is 6.34. The van der Waals surface area contributed by atoms with Crippen LogP contribution in [0.25, 0.3) is 34.0 Å². The summed E-state index contributed by atoms with van der Waals surface area (Å²) >= 11 is 0. The number of nitrogens with zero attached hydrogens (tertiary/aromatic N) is 3. The number of aliphatic hydroxyl groups excluding tert-OH is 1. The Balaban J connectivity index is 1.56. The number of aliphatic hydroxyl groups is 1. The van der Waals surface area contributed by atoms with E-state index in [0.717, 1.165) is 5.56 Å². The number of alkyl halides is 3. The number of benzene rings is 2. The minimum Gasteiger partial charge on any atom is -0.480 e. The molecule has 0 aliphatic heterocycles. The summed E-state index contributed by atoms with van der Waals surface area (Å²) < 4.78 is 53.0. The third-order valence-electron chi connectivity index (χ3n) is 6.34. The van der Waals surface area contributed by atoms with Gasteiger partial charge < -0.3 is 24.2 Å². The van der Waals surface area contributed by atoms with Crippen molar-refractivity contribution in [2.24, 2.45) is 0 Å². The Labute approximate surface area is 202 Å². The van der Waals surface area contributed by atoms with Crippen molar-refractivity contribution in [2.45, 2.75) is 25.1 Å². The van der Waals surface area contributed by atoms with Crippen LogP contribution in [0.5, 0.6) is 0 Å². The Kier molecular flexibility index (Phi) is 5.79. The van der Waals surface area contributed by atoms with E-state index in [1.807, 2.05) is 0 Å². The van der Waals surface area contributed by atoms with Crippen molar-refractivity contribution in [3.63, 3.8) is 0 Å². The molecule has 11 heteroatoms. The van der Waals surface area contributed by atoms with Crippen LogP contribution < -0.4 is 4.90 Å². The molecule has 0 saturated carbocycles. The van der Waals surface area contributed by atoms with Crippen LogP contribution in [0.4, 0.5) is 18.9 Å². The van der Waals surface area contributed by atoms with Gasteiger partial charge in [-0.3, -0.25) is 0 Å². The van der Waals surface area contributed by atoms with Crippen molar-refractivity contribution in [2.75, 3.05) is 18.6 Å². The van der Waals surface area contributed by atoms with Crippen LogP contribution >= 0.6 is 0 Å². The van der Waals surface area contributed by atoms with Gasteiger partial charge in [0.1, 0.15) is 17.3 Å². The van der Waals surface area contributed by atoms with Crippen molar-refractivity contribution < 1.29 is 37.2 Å². The zero-order chi connectivity index (χ0) is 25.6. The first-order valence-corrected chi connectivity index (χ1v) is 11.0. The van der Waals surface area contributed by atoms with E-state index in [9.17, 15) is 28.2 Å². The lowest BCUT2D eigenvalue weighted by molar-refractivity contribution is -0.139. The van der Waals surface area contributed by atoms with Gasteiger partial charge in [0, 0.05) is 29.4 Å². The number of aliphatic carboxylic acids is 1. The number of aromatic nitrogens is 2. The van der Waals surface area contributed by atoms with E-state index < -0.39 is 41.8 Å². The molecule has 2 N–H and O–H groups in total. The van der Waals surface area contributed by atoms with E-state index in [1.165, 1.54) is 17.0 Å². The van der Waals surface area contributed by atoms with Gasteiger partial charge in [-0.15, -0.1) is 0 Å². The molecule has 1 atom stereocenters. The van der Waals surface area contributed by atoms with E-state index in [4.69, 9.17) is 9.05 Å². The molecule has 2 heterocycles. The van der Waals surface area contributed by atoms with Crippen molar-refractivity contribution in [3.8, 4) is 34.0 Å². The predicted octanol–water partition coefficient (Wildman–Crippen LogP) is 4.66. The molecule has 5 rings (SSSR count). The highest BCUT2D eigenvalue weighted by molar-refractivity contribution is 5.82. The highest BCUT2D eigenvalue weighted by atomic mass is 19.4. The smallest absolute Gasteiger partial charge is 0.422 e. The number of fused-ring (bicyclic) bond motifs is 3. The number of carboxylic acids is 1. The summed E-state index contributed by atoms with van der Waals surface area (Å²) in [6, 6.07) is 12.0. The lowest BCUT2D eigenvalue weighted by Gasteiger charge is -2.27. The van der Waals surface area contributed by atoms with Crippen molar-refractivity contribution in [3.05, 3.63) is 65.2 Å². The Morgan fingerprint density at radius 1 is 1.06 bits per heavy atom. The highest BCUT2D eigenvalue weighted by Crippen LogP contribution is 2.46. The number of rotatable bonds is 6. The number of hydrogen-bond acceptors (Lipinski definition) is 7. The fourth-order valence-electron chi connectivity index (χ4n) is 4.48. The van der Waals surface area contributed by atoms with E-state index in [-0.39, 0.29) is 11.3 Å². The fraction of sp³-hybridized carbons (Fsp3) is 0.240. The molecule has 0 bridgehead atoms. The molecular weight excluding hydrogens is 479 g/mol. The summed E-state index contributed by atoms with van der Waals surface area (Å²) in [6.45, 7) is -0.566. The predicted molar refractivity (Wildman–Crippen MR) is 122 cm³/mol. The summed E-state index contributed by atoms with van der Waals surface area (Å²) in [5, 5.41) is 26.5. The molecule has 0 amide bonds. The first-order valence-electron chi connectivity index (χ1n) is 11.0. The molecule has 2 aromatic carbocycles. The maximum Gasteiger partial charge on any atom is 0.422 e. The maximum absolute atomic E-state index is 14.1. The first-order chi connectivity index (χ1) is 17.2. The molecule has 186 valence electrons. The molecule has 1 aliphatic carbocycles. The summed E-state index contributed by atoms with van der Waals surface area (Å²) in [4.78, 5) is 12.9.